The minimum atomic E-state index is -1.63. The lowest BCUT2D eigenvalue weighted by Crippen LogP contribution is -2.15. The molecule has 18 heavy (non-hydrogen) atoms. The molecule has 5 nitrogen and oxygen atoms in total. The third kappa shape index (κ3) is 2.56. The predicted octanol–water partition coefficient (Wildman–Crippen LogP) is 1.95. The molecule has 0 aliphatic carbocycles. The van der Waals surface area contributed by atoms with Gasteiger partial charge in [0.25, 0.3) is 0 Å². The highest BCUT2D eigenvalue weighted by Crippen LogP contribution is 2.39. The second-order valence-electron chi connectivity index (χ2n) is 4.19. The standard InChI is InChI=1S/C13H18O5/c1-7(2)10-8(17-3)5-6-9(18-4)11(10)12(14)13(15)16/h5-7,12,14H,1-4H3,(H,15,16). The zero-order chi connectivity index (χ0) is 13.9. The Morgan fingerprint density at radius 2 is 1.56 bits per heavy atom. The van der Waals surface area contributed by atoms with Gasteiger partial charge in [0.1, 0.15) is 11.5 Å². The second kappa shape index (κ2) is 5.73. The largest absolute Gasteiger partial charge is 0.496 e. The minimum absolute atomic E-state index is 0.000880. The molecule has 1 rings (SSSR count). The number of carboxylic acids is 1. The minimum Gasteiger partial charge on any atom is -0.496 e. The molecule has 2 N–H and O–H groups in total. The van der Waals surface area contributed by atoms with E-state index in [4.69, 9.17) is 14.6 Å². The molecule has 0 saturated heterocycles. The first-order valence-electron chi connectivity index (χ1n) is 5.59. The summed E-state index contributed by atoms with van der Waals surface area (Å²) in [7, 11) is 2.94. The molecule has 0 amide bonds. The van der Waals surface area contributed by atoms with Gasteiger partial charge in [0.2, 0.25) is 0 Å². The zero-order valence-corrected chi connectivity index (χ0v) is 10.9. The monoisotopic (exact) mass is 254 g/mol. The molecular formula is C13H18O5. The topological polar surface area (TPSA) is 76.0 Å². The number of aliphatic hydroxyl groups is 1. The van der Waals surface area contributed by atoms with E-state index in [0.29, 0.717) is 17.1 Å². The van der Waals surface area contributed by atoms with Gasteiger partial charge in [-0.05, 0) is 18.1 Å². The van der Waals surface area contributed by atoms with Crippen molar-refractivity contribution in [2.75, 3.05) is 14.2 Å². The average molecular weight is 254 g/mol. The number of aliphatic carboxylic acids is 1. The Hall–Kier alpha value is -1.75. The number of carbonyl (C=O) groups is 1. The van der Waals surface area contributed by atoms with Crippen LogP contribution >= 0.6 is 0 Å². The van der Waals surface area contributed by atoms with Crippen LogP contribution in [-0.4, -0.2) is 30.4 Å². The molecule has 0 bridgehead atoms. The predicted molar refractivity (Wildman–Crippen MR) is 66.2 cm³/mol. The van der Waals surface area contributed by atoms with Gasteiger partial charge in [-0.3, -0.25) is 0 Å². The molecular weight excluding hydrogens is 236 g/mol. The van der Waals surface area contributed by atoms with Crippen molar-refractivity contribution in [3.8, 4) is 11.5 Å². The van der Waals surface area contributed by atoms with Crippen molar-refractivity contribution in [2.24, 2.45) is 0 Å². The maximum atomic E-state index is 11.0. The molecule has 1 unspecified atom stereocenters. The zero-order valence-electron chi connectivity index (χ0n) is 10.9. The fraction of sp³-hybridized carbons (Fsp3) is 0.462. The number of benzene rings is 1. The Kier molecular flexibility index (Phi) is 4.55. The fourth-order valence-electron chi connectivity index (χ4n) is 1.95. The second-order valence-corrected chi connectivity index (χ2v) is 4.19. The molecule has 0 heterocycles. The molecule has 0 saturated carbocycles. The van der Waals surface area contributed by atoms with E-state index in [1.165, 1.54) is 14.2 Å². The number of hydrogen-bond acceptors (Lipinski definition) is 4. The Labute approximate surface area is 106 Å². The normalized spacial score (nSPS) is 12.3. The van der Waals surface area contributed by atoms with Crippen LogP contribution in [0.1, 0.15) is 37.0 Å². The lowest BCUT2D eigenvalue weighted by Gasteiger charge is -2.21. The van der Waals surface area contributed by atoms with E-state index in [1.807, 2.05) is 13.8 Å². The quantitative estimate of drug-likeness (QED) is 0.839. The van der Waals surface area contributed by atoms with Crippen LogP contribution in [-0.2, 0) is 4.79 Å². The van der Waals surface area contributed by atoms with Crippen molar-refractivity contribution in [1.82, 2.24) is 0 Å². The van der Waals surface area contributed by atoms with Crippen molar-refractivity contribution in [3.63, 3.8) is 0 Å². The van der Waals surface area contributed by atoms with Gasteiger partial charge in [-0.2, -0.15) is 0 Å². The Balaban J connectivity index is 3.54. The summed E-state index contributed by atoms with van der Waals surface area (Å²) in [6.07, 6.45) is -1.63. The van der Waals surface area contributed by atoms with Crippen LogP contribution in [0, 0.1) is 0 Å². The maximum Gasteiger partial charge on any atom is 0.337 e. The summed E-state index contributed by atoms with van der Waals surface area (Å²) < 4.78 is 10.3. The molecule has 0 fully saturated rings. The van der Waals surface area contributed by atoms with Crippen LogP contribution in [0.3, 0.4) is 0 Å². The first kappa shape index (κ1) is 14.3. The first-order chi connectivity index (χ1) is 8.43. The van der Waals surface area contributed by atoms with Crippen LogP contribution < -0.4 is 9.47 Å². The van der Waals surface area contributed by atoms with Gasteiger partial charge in [0.15, 0.2) is 6.10 Å². The van der Waals surface area contributed by atoms with Gasteiger partial charge in [-0.25, -0.2) is 4.79 Å². The summed E-state index contributed by atoms with van der Waals surface area (Å²) in [5.74, 6) is -0.432. The lowest BCUT2D eigenvalue weighted by atomic mass is 9.92. The molecule has 0 aliphatic heterocycles. The smallest absolute Gasteiger partial charge is 0.337 e. The number of hydrogen-bond donors (Lipinski definition) is 2. The summed E-state index contributed by atoms with van der Waals surface area (Å²) in [4.78, 5) is 11.0. The molecule has 1 aromatic carbocycles. The van der Waals surface area contributed by atoms with Crippen molar-refractivity contribution < 1.29 is 24.5 Å². The van der Waals surface area contributed by atoms with Crippen LogP contribution in [0.15, 0.2) is 12.1 Å². The highest BCUT2D eigenvalue weighted by atomic mass is 16.5. The van der Waals surface area contributed by atoms with Crippen LogP contribution in [0.2, 0.25) is 0 Å². The van der Waals surface area contributed by atoms with Gasteiger partial charge in [-0.15, -0.1) is 0 Å². The van der Waals surface area contributed by atoms with Crippen molar-refractivity contribution >= 4 is 5.97 Å². The van der Waals surface area contributed by atoms with E-state index in [9.17, 15) is 9.90 Å². The van der Waals surface area contributed by atoms with Crippen LogP contribution in [0.5, 0.6) is 11.5 Å². The average Bonchev–Trinajstić information content (AvgIpc) is 2.35. The maximum absolute atomic E-state index is 11.0. The summed E-state index contributed by atoms with van der Waals surface area (Å²) in [5, 5.41) is 18.8. The van der Waals surface area contributed by atoms with E-state index in [-0.39, 0.29) is 11.5 Å². The van der Waals surface area contributed by atoms with Crippen molar-refractivity contribution in [3.05, 3.63) is 23.3 Å². The van der Waals surface area contributed by atoms with Crippen LogP contribution in [0.25, 0.3) is 0 Å². The van der Waals surface area contributed by atoms with Crippen LogP contribution in [0.4, 0.5) is 0 Å². The summed E-state index contributed by atoms with van der Waals surface area (Å²) in [5.41, 5.74) is 0.895. The molecule has 1 atom stereocenters. The molecule has 1 aromatic rings. The van der Waals surface area contributed by atoms with Crippen molar-refractivity contribution in [1.29, 1.82) is 0 Å². The Morgan fingerprint density at radius 3 is 1.89 bits per heavy atom. The number of methoxy groups -OCH3 is 2. The molecule has 0 radical (unpaired) electrons. The Bertz CT molecular complexity index is 439. The van der Waals surface area contributed by atoms with E-state index < -0.39 is 12.1 Å². The van der Waals surface area contributed by atoms with E-state index in [2.05, 4.69) is 0 Å². The van der Waals surface area contributed by atoms with Gasteiger partial charge < -0.3 is 19.7 Å². The van der Waals surface area contributed by atoms with E-state index in [1.54, 1.807) is 12.1 Å². The highest BCUT2D eigenvalue weighted by Gasteiger charge is 2.27. The van der Waals surface area contributed by atoms with Gasteiger partial charge >= 0.3 is 5.97 Å². The SMILES string of the molecule is COc1ccc(OC)c(C(O)C(=O)O)c1C(C)C. The van der Waals surface area contributed by atoms with E-state index in [0.717, 1.165) is 0 Å². The molecule has 0 spiro atoms. The van der Waals surface area contributed by atoms with Gasteiger partial charge in [0.05, 0.1) is 14.2 Å². The summed E-state index contributed by atoms with van der Waals surface area (Å²) in [6.45, 7) is 3.80. The lowest BCUT2D eigenvalue weighted by molar-refractivity contribution is -0.147. The number of ether oxygens (including phenoxy) is 2. The van der Waals surface area contributed by atoms with Gasteiger partial charge in [-0.1, -0.05) is 13.8 Å². The molecule has 0 aliphatic rings. The van der Waals surface area contributed by atoms with Gasteiger partial charge in [0, 0.05) is 11.1 Å². The number of rotatable bonds is 5. The molecule has 0 aromatic heterocycles. The fourth-order valence-corrected chi connectivity index (χ4v) is 1.95. The summed E-state index contributed by atoms with van der Waals surface area (Å²) >= 11 is 0. The summed E-state index contributed by atoms with van der Waals surface area (Å²) in [6, 6.07) is 3.29. The first-order valence-corrected chi connectivity index (χ1v) is 5.59. The number of aliphatic hydroxyl groups excluding tert-OH is 1. The third-order valence-corrected chi connectivity index (χ3v) is 2.73. The molecule has 100 valence electrons. The third-order valence-electron chi connectivity index (χ3n) is 2.73. The van der Waals surface area contributed by atoms with E-state index >= 15 is 0 Å². The van der Waals surface area contributed by atoms with Crippen molar-refractivity contribution in [2.45, 2.75) is 25.9 Å². The Morgan fingerprint density at radius 1 is 1.11 bits per heavy atom. The highest BCUT2D eigenvalue weighted by molar-refractivity contribution is 5.76. The number of carboxylic acid groups (broad SMARTS) is 1. The molecule has 5 heteroatoms.